The van der Waals surface area contributed by atoms with Gasteiger partial charge in [-0.15, -0.1) is 0 Å². The van der Waals surface area contributed by atoms with Crippen LogP contribution in [0, 0.1) is 0 Å². The van der Waals surface area contributed by atoms with Crippen molar-refractivity contribution >= 4 is 31.5 Å². The monoisotopic (exact) mass is 167 g/mol. The van der Waals surface area contributed by atoms with Crippen molar-refractivity contribution in [2.45, 2.75) is 12.5 Å². The minimum absolute atomic E-state index is 0.507. The predicted octanol–water partition coefficient (Wildman–Crippen LogP) is 0.0216. The first-order chi connectivity index (χ1) is 4.22. The molecule has 0 bridgehead atoms. The summed E-state index contributed by atoms with van der Waals surface area (Å²) < 4.78 is 4.06. The minimum Gasteiger partial charge on any atom is -0.393 e. The second-order valence-electron chi connectivity index (χ2n) is 1.53. The van der Waals surface area contributed by atoms with Crippen LogP contribution in [-0.4, -0.2) is 17.8 Å². The van der Waals surface area contributed by atoms with Gasteiger partial charge in [-0.2, -0.15) is 12.6 Å². The zero-order chi connectivity index (χ0) is 7.28. The van der Waals surface area contributed by atoms with Crippen molar-refractivity contribution in [3.63, 3.8) is 0 Å². The first kappa shape index (κ1) is 9.13. The summed E-state index contributed by atoms with van der Waals surface area (Å²) in [4.78, 5) is 10.4. The van der Waals surface area contributed by atoms with Crippen LogP contribution in [-0.2, 0) is 8.98 Å². The van der Waals surface area contributed by atoms with Gasteiger partial charge in [0.25, 0.3) is 0 Å². The number of rotatable bonds is 3. The van der Waals surface area contributed by atoms with Gasteiger partial charge in [-0.3, -0.25) is 0 Å². The summed E-state index contributed by atoms with van der Waals surface area (Å²) in [5.41, 5.74) is 5.27. The van der Waals surface area contributed by atoms with Gasteiger partial charge >= 0.3 is 5.97 Å². The molecule has 0 aromatic heterocycles. The van der Waals surface area contributed by atoms with Gasteiger partial charge in [0.15, 0.2) is 0 Å². The fraction of sp³-hybridized carbons (Fsp3) is 0.750. The molecule has 0 aromatic rings. The molecule has 0 aliphatic carbocycles. The molecule has 3 nitrogen and oxygen atoms in total. The van der Waals surface area contributed by atoms with E-state index in [0.717, 1.165) is 0 Å². The molecule has 0 radical (unpaired) electrons. The molecule has 5 heteroatoms. The van der Waals surface area contributed by atoms with E-state index in [9.17, 15) is 4.79 Å². The van der Waals surface area contributed by atoms with Crippen LogP contribution in [0.2, 0.25) is 0 Å². The van der Waals surface area contributed by atoms with E-state index < -0.39 is 12.0 Å². The van der Waals surface area contributed by atoms with Crippen molar-refractivity contribution < 1.29 is 8.98 Å². The highest BCUT2D eigenvalue weighted by atomic mass is 32.1. The molecule has 54 valence electrons. The van der Waals surface area contributed by atoms with Gasteiger partial charge in [-0.25, -0.2) is 4.79 Å². The number of hydrogen-bond acceptors (Lipinski definition) is 5. The van der Waals surface area contributed by atoms with E-state index in [0.29, 0.717) is 12.2 Å². The molecular weight excluding hydrogens is 158 g/mol. The van der Waals surface area contributed by atoms with Gasteiger partial charge in [-0.1, -0.05) is 0 Å². The third-order valence-corrected chi connectivity index (χ3v) is 1.27. The minimum atomic E-state index is -0.583. The normalized spacial score (nSPS) is 12.8. The Bertz CT molecular complexity index is 98.6. The standard InChI is InChI=1S/C4H9NO2S2/c5-3(1-2-8)4(6)7-9/h3,8-9H,1-2,5H2/t3-/m1/s1. The molecule has 0 saturated carbocycles. The Kier molecular flexibility index (Phi) is 5.03. The lowest BCUT2D eigenvalue weighted by atomic mass is 10.2. The van der Waals surface area contributed by atoms with Gasteiger partial charge in [0.05, 0.1) is 0 Å². The summed E-state index contributed by atoms with van der Waals surface area (Å²) in [5.74, 6) is 0.0664. The van der Waals surface area contributed by atoms with Crippen LogP contribution in [0.1, 0.15) is 6.42 Å². The van der Waals surface area contributed by atoms with Gasteiger partial charge in [-0.05, 0) is 12.2 Å². The van der Waals surface area contributed by atoms with E-state index in [-0.39, 0.29) is 0 Å². The third-order valence-electron chi connectivity index (χ3n) is 0.833. The van der Waals surface area contributed by atoms with Crippen LogP contribution in [0.15, 0.2) is 0 Å². The first-order valence-electron chi connectivity index (χ1n) is 2.44. The largest absolute Gasteiger partial charge is 0.393 e. The first-order valence-corrected chi connectivity index (χ1v) is 3.43. The summed E-state index contributed by atoms with van der Waals surface area (Å²) in [6, 6.07) is -0.583. The topological polar surface area (TPSA) is 52.3 Å². The molecular formula is C4H9NO2S2. The summed E-state index contributed by atoms with van der Waals surface area (Å²) in [6.07, 6.45) is 0.516. The molecule has 0 unspecified atom stereocenters. The molecule has 0 aromatic carbocycles. The lowest BCUT2D eigenvalue weighted by molar-refractivity contribution is -0.134. The highest BCUT2D eigenvalue weighted by Crippen LogP contribution is 1.94. The third kappa shape index (κ3) is 3.66. The molecule has 0 fully saturated rings. The molecule has 0 saturated heterocycles. The van der Waals surface area contributed by atoms with E-state index in [1.54, 1.807) is 0 Å². The Morgan fingerprint density at radius 1 is 1.78 bits per heavy atom. The quantitative estimate of drug-likeness (QED) is 0.410. The summed E-state index contributed by atoms with van der Waals surface area (Å²) in [5, 5.41) is 0. The van der Waals surface area contributed by atoms with E-state index in [1.165, 1.54) is 0 Å². The van der Waals surface area contributed by atoms with E-state index in [4.69, 9.17) is 5.73 Å². The van der Waals surface area contributed by atoms with Crippen LogP contribution in [0.5, 0.6) is 0 Å². The molecule has 9 heavy (non-hydrogen) atoms. The van der Waals surface area contributed by atoms with Crippen molar-refractivity contribution in [2.75, 3.05) is 5.75 Å². The average Bonchev–Trinajstić information content (AvgIpc) is 1.87. The predicted molar refractivity (Wildman–Crippen MR) is 41.5 cm³/mol. The molecule has 0 aliphatic rings. The van der Waals surface area contributed by atoms with Gasteiger partial charge in [0, 0.05) is 12.9 Å². The number of carbonyl (C=O) groups is 1. The van der Waals surface area contributed by atoms with Crippen LogP contribution in [0.25, 0.3) is 0 Å². The molecule has 1 atom stereocenters. The lowest BCUT2D eigenvalue weighted by Gasteiger charge is -2.03. The highest BCUT2D eigenvalue weighted by Gasteiger charge is 2.11. The summed E-state index contributed by atoms with van der Waals surface area (Å²) in [7, 11) is 0. The van der Waals surface area contributed by atoms with Gasteiger partial charge in [0.1, 0.15) is 6.04 Å². The van der Waals surface area contributed by atoms with Crippen molar-refractivity contribution in [3.05, 3.63) is 0 Å². The second-order valence-corrected chi connectivity index (χ2v) is 2.16. The second kappa shape index (κ2) is 4.96. The fourth-order valence-corrected chi connectivity index (χ4v) is 0.738. The molecule has 0 spiro atoms. The maximum absolute atomic E-state index is 10.4. The lowest BCUT2D eigenvalue weighted by Crippen LogP contribution is -2.30. The Balaban J connectivity index is 3.45. The number of nitrogens with two attached hydrogens (primary N) is 1. The van der Waals surface area contributed by atoms with Crippen LogP contribution in [0.3, 0.4) is 0 Å². The maximum atomic E-state index is 10.4. The fourth-order valence-electron chi connectivity index (χ4n) is 0.325. The van der Waals surface area contributed by atoms with Crippen LogP contribution in [0.4, 0.5) is 0 Å². The Morgan fingerprint density at radius 3 is 2.67 bits per heavy atom. The molecule has 0 amide bonds. The van der Waals surface area contributed by atoms with Crippen LogP contribution < -0.4 is 5.73 Å². The zero-order valence-corrected chi connectivity index (χ0v) is 6.57. The average molecular weight is 167 g/mol. The highest BCUT2D eigenvalue weighted by molar-refractivity contribution is 7.80. The van der Waals surface area contributed by atoms with E-state index in [2.05, 4.69) is 29.7 Å². The molecule has 0 rings (SSSR count). The van der Waals surface area contributed by atoms with E-state index in [1.807, 2.05) is 0 Å². The van der Waals surface area contributed by atoms with Gasteiger partial charge in [0.2, 0.25) is 0 Å². The number of thiol groups is 2. The SMILES string of the molecule is N[C@H](CCS)C(=O)OS. The van der Waals surface area contributed by atoms with Crippen molar-refractivity contribution in [2.24, 2.45) is 5.73 Å². The van der Waals surface area contributed by atoms with Crippen molar-refractivity contribution in [1.29, 1.82) is 0 Å². The molecule has 2 N–H and O–H groups in total. The maximum Gasteiger partial charge on any atom is 0.334 e. The Labute approximate surface area is 65.0 Å². The molecule has 0 heterocycles. The Hall–Kier alpha value is 0.130. The van der Waals surface area contributed by atoms with Crippen molar-refractivity contribution in [1.82, 2.24) is 0 Å². The summed E-state index contributed by atoms with van der Waals surface area (Å²) in [6.45, 7) is 0. The van der Waals surface area contributed by atoms with Gasteiger partial charge < -0.3 is 9.92 Å². The number of hydrogen-bond donors (Lipinski definition) is 3. The van der Waals surface area contributed by atoms with E-state index >= 15 is 0 Å². The zero-order valence-electron chi connectivity index (χ0n) is 4.78. The number of carbonyl (C=O) groups excluding carboxylic acids is 1. The molecule has 0 aliphatic heterocycles. The van der Waals surface area contributed by atoms with Crippen LogP contribution >= 0.6 is 25.5 Å². The van der Waals surface area contributed by atoms with Crippen molar-refractivity contribution in [3.8, 4) is 0 Å². The summed E-state index contributed by atoms with van der Waals surface area (Å²) >= 11 is 7.17. The Morgan fingerprint density at radius 2 is 2.33 bits per heavy atom. The smallest absolute Gasteiger partial charge is 0.334 e.